The fourth-order valence-corrected chi connectivity index (χ4v) is 2.59. The van der Waals surface area contributed by atoms with Gasteiger partial charge < -0.3 is 15.8 Å². The van der Waals surface area contributed by atoms with E-state index in [0.717, 1.165) is 16.9 Å². The highest BCUT2D eigenvalue weighted by Crippen LogP contribution is 2.37. The largest absolute Gasteiger partial charge is 0.484 e. The fourth-order valence-electron chi connectivity index (χ4n) is 2.59. The lowest BCUT2D eigenvalue weighted by Crippen LogP contribution is -2.24. The van der Waals surface area contributed by atoms with Crippen molar-refractivity contribution in [2.24, 2.45) is 12.8 Å². The lowest BCUT2D eigenvalue weighted by atomic mass is 9.87. The Labute approximate surface area is 127 Å². The Bertz CT molecular complexity index is 721. The summed E-state index contributed by atoms with van der Waals surface area (Å²) in [5.74, 6) is 0.704. The SMILES string of the molecule is Cn1ncc2c1NC(=O)C[C@H]2c1ccc(OCC(N)=O)cc1. The molecule has 7 nitrogen and oxygen atoms in total. The van der Waals surface area contributed by atoms with Crippen LogP contribution in [0.5, 0.6) is 5.75 Å². The van der Waals surface area contributed by atoms with Crippen molar-refractivity contribution in [3.63, 3.8) is 0 Å². The molecular formula is C15H16N4O3. The highest BCUT2D eigenvalue weighted by molar-refractivity contribution is 5.94. The Morgan fingerprint density at radius 3 is 2.86 bits per heavy atom. The first-order valence-corrected chi connectivity index (χ1v) is 6.87. The van der Waals surface area contributed by atoms with Crippen LogP contribution < -0.4 is 15.8 Å². The number of carbonyl (C=O) groups excluding carboxylic acids is 2. The van der Waals surface area contributed by atoms with Crippen molar-refractivity contribution in [2.45, 2.75) is 12.3 Å². The molecule has 1 aliphatic rings. The van der Waals surface area contributed by atoms with E-state index in [1.54, 1.807) is 30.1 Å². The molecule has 1 atom stereocenters. The molecule has 0 spiro atoms. The highest BCUT2D eigenvalue weighted by atomic mass is 16.5. The molecule has 3 N–H and O–H groups in total. The number of nitrogens with one attached hydrogen (secondary N) is 1. The number of ether oxygens (including phenoxy) is 1. The van der Waals surface area contributed by atoms with Gasteiger partial charge in [0.1, 0.15) is 11.6 Å². The third-order valence-electron chi connectivity index (χ3n) is 3.65. The van der Waals surface area contributed by atoms with E-state index < -0.39 is 5.91 Å². The molecule has 3 rings (SSSR count). The summed E-state index contributed by atoms with van der Waals surface area (Å²) in [5.41, 5.74) is 7.03. The van der Waals surface area contributed by atoms with E-state index in [1.807, 2.05) is 12.1 Å². The molecule has 0 fully saturated rings. The van der Waals surface area contributed by atoms with Gasteiger partial charge in [-0.3, -0.25) is 14.3 Å². The van der Waals surface area contributed by atoms with Crippen LogP contribution in [-0.2, 0) is 16.6 Å². The summed E-state index contributed by atoms with van der Waals surface area (Å²) < 4.78 is 6.89. The first-order chi connectivity index (χ1) is 10.5. The van der Waals surface area contributed by atoms with Crippen LogP contribution in [0.4, 0.5) is 5.82 Å². The number of hydrogen-bond acceptors (Lipinski definition) is 4. The maximum absolute atomic E-state index is 11.9. The van der Waals surface area contributed by atoms with Crippen LogP contribution in [0.3, 0.4) is 0 Å². The van der Waals surface area contributed by atoms with Crippen LogP contribution in [-0.4, -0.2) is 28.2 Å². The second-order valence-corrected chi connectivity index (χ2v) is 5.20. The number of rotatable bonds is 4. The summed E-state index contributed by atoms with van der Waals surface area (Å²) >= 11 is 0. The van der Waals surface area contributed by atoms with Crippen molar-refractivity contribution in [3.05, 3.63) is 41.6 Å². The molecule has 0 radical (unpaired) electrons. The van der Waals surface area contributed by atoms with Crippen LogP contribution in [0.1, 0.15) is 23.5 Å². The maximum atomic E-state index is 11.9. The lowest BCUT2D eigenvalue weighted by molar-refractivity contribution is -0.120. The number of amides is 2. The quantitative estimate of drug-likeness (QED) is 0.870. The Morgan fingerprint density at radius 1 is 1.45 bits per heavy atom. The maximum Gasteiger partial charge on any atom is 0.255 e. The average Bonchev–Trinajstić information content (AvgIpc) is 2.86. The second kappa shape index (κ2) is 5.51. The average molecular weight is 300 g/mol. The minimum atomic E-state index is -0.520. The lowest BCUT2D eigenvalue weighted by Gasteiger charge is -2.23. The first-order valence-electron chi connectivity index (χ1n) is 6.87. The number of aromatic nitrogens is 2. The van der Waals surface area contributed by atoms with Crippen molar-refractivity contribution < 1.29 is 14.3 Å². The van der Waals surface area contributed by atoms with Crippen LogP contribution in [0.2, 0.25) is 0 Å². The molecule has 2 amide bonds. The summed E-state index contributed by atoms with van der Waals surface area (Å²) in [6.45, 7) is -0.155. The predicted molar refractivity (Wildman–Crippen MR) is 79.4 cm³/mol. The molecule has 2 heterocycles. The molecule has 0 aliphatic carbocycles. The number of primary amides is 1. The van der Waals surface area contributed by atoms with E-state index >= 15 is 0 Å². The van der Waals surface area contributed by atoms with Gasteiger partial charge >= 0.3 is 0 Å². The van der Waals surface area contributed by atoms with Gasteiger partial charge in [0.05, 0.1) is 6.20 Å². The van der Waals surface area contributed by atoms with Gasteiger partial charge in [-0.15, -0.1) is 0 Å². The Kier molecular flexibility index (Phi) is 3.54. The number of carbonyl (C=O) groups is 2. The second-order valence-electron chi connectivity index (χ2n) is 5.20. The molecule has 1 aromatic carbocycles. The molecule has 22 heavy (non-hydrogen) atoms. The van der Waals surface area contributed by atoms with Gasteiger partial charge in [0.25, 0.3) is 5.91 Å². The number of fused-ring (bicyclic) bond motifs is 1. The first kappa shape index (κ1) is 14.1. The van der Waals surface area contributed by atoms with Crippen LogP contribution in [0, 0.1) is 0 Å². The minimum absolute atomic E-state index is 0.0323. The van der Waals surface area contributed by atoms with Gasteiger partial charge in [-0.2, -0.15) is 5.10 Å². The van der Waals surface area contributed by atoms with Gasteiger partial charge in [-0.25, -0.2) is 0 Å². The summed E-state index contributed by atoms with van der Waals surface area (Å²) in [4.78, 5) is 22.6. The van der Waals surface area contributed by atoms with Crippen LogP contribution in [0.15, 0.2) is 30.5 Å². The molecule has 0 saturated carbocycles. The zero-order valence-corrected chi connectivity index (χ0v) is 12.1. The molecule has 2 aromatic rings. The molecule has 0 bridgehead atoms. The number of nitrogens with zero attached hydrogens (tertiary/aromatic N) is 2. The van der Waals surface area contributed by atoms with Crippen molar-refractivity contribution in [1.29, 1.82) is 0 Å². The van der Waals surface area contributed by atoms with Crippen molar-refractivity contribution in [1.82, 2.24) is 9.78 Å². The Hall–Kier alpha value is -2.83. The van der Waals surface area contributed by atoms with E-state index in [4.69, 9.17) is 10.5 Å². The van der Waals surface area contributed by atoms with E-state index in [9.17, 15) is 9.59 Å². The van der Waals surface area contributed by atoms with E-state index in [2.05, 4.69) is 10.4 Å². The Morgan fingerprint density at radius 2 is 2.18 bits per heavy atom. The number of benzene rings is 1. The third-order valence-corrected chi connectivity index (χ3v) is 3.65. The zero-order valence-electron chi connectivity index (χ0n) is 12.1. The highest BCUT2D eigenvalue weighted by Gasteiger charge is 2.29. The molecular weight excluding hydrogens is 284 g/mol. The monoisotopic (exact) mass is 300 g/mol. The number of aryl methyl sites for hydroxylation is 1. The van der Waals surface area contributed by atoms with E-state index in [1.165, 1.54) is 0 Å². The van der Waals surface area contributed by atoms with Gasteiger partial charge in [-0.05, 0) is 17.7 Å². The molecule has 7 heteroatoms. The van der Waals surface area contributed by atoms with E-state index in [0.29, 0.717) is 12.2 Å². The van der Waals surface area contributed by atoms with Gasteiger partial charge in [0.15, 0.2) is 6.61 Å². The number of hydrogen-bond donors (Lipinski definition) is 2. The number of anilines is 1. The summed E-state index contributed by atoms with van der Waals surface area (Å²) in [6.07, 6.45) is 2.15. The third kappa shape index (κ3) is 2.65. The summed E-state index contributed by atoms with van der Waals surface area (Å²) in [5, 5.41) is 7.04. The molecule has 0 saturated heterocycles. The molecule has 1 aromatic heterocycles. The number of nitrogens with two attached hydrogens (primary N) is 1. The summed E-state index contributed by atoms with van der Waals surface area (Å²) in [7, 11) is 1.79. The van der Waals surface area contributed by atoms with Gasteiger partial charge in [-0.1, -0.05) is 12.1 Å². The van der Waals surface area contributed by atoms with Crippen LogP contribution in [0.25, 0.3) is 0 Å². The van der Waals surface area contributed by atoms with Gasteiger partial charge in [0, 0.05) is 24.9 Å². The Balaban J connectivity index is 1.85. The fraction of sp³-hybridized carbons (Fsp3) is 0.267. The normalized spacial score (nSPS) is 16.8. The van der Waals surface area contributed by atoms with Crippen molar-refractivity contribution in [3.8, 4) is 5.75 Å². The molecule has 114 valence electrons. The van der Waals surface area contributed by atoms with Gasteiger partial charge in [0.2, 0.25) is 5.91 Å². The zero-order chi connectivity index (χ0) is 15.7. The topological polar surface area (TPSA) is 99.2 Å². The van der Waals surface area contributed by atoms with Crippen LogP contribution >= 0.6 is 0 Å². The summed E-state index contributed by atoms with van der Waals surface area (Å²) in [6, 6.07) is 7.30. The smallest absolute Gasteiger partial charge is 0.255 e. The van der Waals surface area contributed by atoms with E-state index in [-0.39, 0.29) is 18.4 Å². The van der Waals surface area contributed by atoms with Crippen molar-refractivity contribution in [2.75, 3.05) is 11.9 Å². The molecule has 1 aliphatic heterocycles. The predicted octanol–water partition coefficient (Wildman–Crippen LogP) is 0.758. The molecule has 0 unspecified atom stereocenters. The standard InChI is InChI=1S/C15H16N4O3/c1-19-15-12(7-17-19)11(6-14(21)18-15)9-2-4-10(5-3-9)22-8-13(16)20/h2-5,7,11H,6,8H2,1H3,(H2,16,20)(H,18,21)/t11-/m0/s1. The minimum Gasteiger partial charge on any atom is -0.484 e. The van der Waals surface area contributed by atoms with Crippen molar-refractivity contribution >= 4 is 17.6 Å².